The van der Waals surface area contributed by atoms with E-state index in [0.29, 0.717) is 0 Å². The lowest BCUT2D eigenvalue weighted by molar-refractivity contribution is 0.415. The number of rotatable bonds is 4. The monoisotopic (exact) mass is 356 g/mol. The van der Waals surface area contributed by atoms with E-state index >= 15 is 0 Å². The molecule has 0 bridgehead atoms. The van der Waals surface area contributed by atoms with Gasteiger partial charge in [0.2, 0.25) is 9.84 Å². The van der Waals surface area contributed by atoms with Gasteiger partial charge in [-0.05, 0) is 72.1 Å². The summed E-state index contributed by atoms with van der Waals surface area (Å²) in [5.74, 6) is 0.293. The molecule has 25 heavy (non-hydrogen) atoms. The van der Waals surface area contributed by atoms with Gasteiger partial charge in [-0.3, -0.25) is 0 Å². The van der Waals surface area contributed by atoms with Crippen molar-refractivity contribution < 1.29 is 17.5 Å². The van der Waals surface area contributed by atoms with Gasteiger partial charge >= 0.3 is 0 Å². The van der Waals surface area contributed by atoms with Crippen LogP contribution in [0.4, 0.5) is 4.39 Å². The van der Waals surface area contributed by atoms with Gasteiger partial charge in [-0.2, -0.15) is 0 Å². The topological polar surface area (TPSA) is 43.4 Å². The molecule has 0 amide bonds. The average molecular weight is 356 g/mol. The van der Waals surface area contributed by atoms with Crippen LogP contribution in [0.3, 0.4) is 0 Å². The summed E-state index contributed by atoms with van der Waals surface area (Å²) < 4.78 is 43.6. The van der Waals surface area contributed by atoms with Crippen LogP contribution in [-0.4, -0.2) is 15.5 Å². The molecular weight excluding hydrogens is 339 g/mol. The van der Waals surface area contributed by atoms with E-state index in [1.165, 1.54) is 12.1 Å². The van der Waals surface area contributed by atoms with E-state index in [4.69, 9.17) is 4.74 Å². The van der Waals surface area contributed by atoms with Crippen LogP contribution in [-0.2, 0) is 9.84 Å². The third kappa shape index (κ3) is 3.42. The minimum atomic E-state index is -3.67. The summed E-state index contributed by atoms with van der Waals surface area (Å²) in [5, 5.41) is 0. The highest BCUT2D eigenvalue weighted by Gasteiger charge is 2.18. The molecule has 0 aromatic heterocycles. The van der Waals surface area contributed by atoms with Crippen molar-refractivity contribution in [1.82, 2.24) is 0 Å². The summed E-state index contributed by atoms with van der Waals surface area (Å²) in [6, 6.07) is 17.4. The molecule has 0 aliphatic carbocycles. The molecule has 0 saturated heterocycles. The van der Waals surface area contributed by atoms with E-state index in [9.17, 15) is 12.8 Å². The summed E-state index contributed by atoms with van der Waals surface area (Å²) in [4.78, 5) is 0.263. The summed E-state index contributed by atoms with van der Waals surface area (Å²) in [5.41, 5.74) is 2.76. The number of ether oxygens (including phenoxy) is 1. The minimum Gasteiger partial charge on any atom is -0.497 e. The van der Waals surface area contributed by atoms with Gasteiger partial charge in [0.05, 0.1) is 16.9 Å². The van der Waals surface area contributed by atoms with Crippen LogP contribution >= 0.6 is 0 Å². The largest absolute Gasteiger partial charge is 0.497 e. The van der Waals surface area contributed by atoms with Crippen molar-refractivity contribution in [2.45, 2.75) is 16.7 Å². The fourth-order valence-corrected chi connectivity index (χ4v) is 3.99. The second-order valence-electron chi connectivity index (χ2n) is 5.66. The Labute approximate surface area is 146 Å². The first-order chi connectivity index (χ1) is 11.9. The molecule has 3 aromatic carbocycles. The molecule has 0 fully saturated rings. The van der Waals surface area contributed by atoms with Crippen LogP contribution in [0.1, 0.15) is 5.56 Å². The van der Waals surface area contributed by atoms with Gasteiger partial charge in [0, 0.05) is 0 Å². The number of hydrogen-bond acceptors (Lipinski definition) is 3. The van der Waals surface area contributed by atoms with E-state index in [0.717, 1.165) is 34.6 Å². The Morgan fingerprint density at radius 3 is 2.00 bits per heavy atom. The second-order valence-corrected chi connectivity index (χ2v) is 7.61. The van der Waals surface area contributed by atoms with E-state index in [-0.39, 0.29) is 9.79 Å². The van der Waals surface area contributed by atoms with Crippen LogP contribution in [0, 0.1) is 12.7 Å². The molecule has 0 atom stereocenters. The molecule has 0 unspecified atom stereocenters. The lowest BCUT2D eigenvalue weighted by atomic mass is 10.0. The normalized spacial score (nSPS) is 11.3. The number of benzene rings is 3. The molecule has 0 aliphatic heterocycles. The molecule has 0 aliphatic rings. The quantitative estimate of drug-likeness (QED) is 0.640. The Hall–Kier alpha value is -2.66. The first-order valence-electron chi connectivity index (χ1n) is 7.67. The van der Waals surface area contributed by atoms with Crippen molar-refractivity contribution in [3.05, 3.63) is 78.1 Å². The molecule has 3 rings (SSSR count). The molecule has 5 heteroatoms. The molecule has 128 valence electrons. The lowest BCUT2D eigenvalue weighted by Crippen LogP contribution is -2.02. The van der Waals surface area contributed by atoms with E-state index in [2.05, 4.69) is 0 Å². The zero-order valence-corrected chi connectivity index (χ0v) is 14.7. The first kappa shape index (κ1) is 17.2. The fourth-order valence-electron chi connectivity index (χ4n) is 2.65. The average Bonchev–Trinajstić information content (AvgIpc) is 2.62. The van der Waals surface area contributed by atoms with Crippen LogP contribution in [0.2, 0.25) is 0 Å². The minimum absolute atomic E-state index is 0.0745. The Bertz CT molecular complexity index is 992. The van der Waals surface area contributed by atoms with Crippen LogP contribution in [0.5, 0.6) is 5.75 Å². The van der Waals surface area contributed by atoms with Gasteiger partial charge in [-0.1, -0.05) is 18.2 Å². The maximum absolute atomic E-state index is 13.0. The Kier molecular flexibility index (Phi) is 4.59. The van der Waals surface area contributed by atoms with Crippen LogP contribution < -0.4 is 4.74 Å². The number of aryl methyl sites for hydroxylation is 1. The summed E-state index contributed by atoms with van der Waals surface area (Å²) in [7, 11) is -2.07. The number of hydrogen-bond donors (Lipinski definition) is 0. The predicted octanol–water partition coefficient (Wildman–Crippen LogP) is 4.64. The molecule has 0 spiro atoms. The Morgan fingerprint density at radius 1 is 0.840 bits per heavy atom. The third-order valence-electron chi connectivity index (χ3n) is 4.03. The SMILES string of the molecule is COc1ccc(-c2ccc(S(=O)(=O)c3ccc(F)cc3)cc2C)cc1. The summed E-state index contributed by atoms with van der Waals surface area (Å²) in [6.07, 6.45) is 0. The van der Waals surface area contributed by atoms with Crippen molar-refractivity contribution in [2.75, 3.05) is 7.11 Å². The number of methoxy groups -OCH3 is 1. The summed E-state index contributed by atoms with van der Waals surface area (Å²) in [6.45, 7) is 1.86. The number of halogens is 1. The standard InChI is InChI=1S/C20H17FO3S/c1-14-13-19(25(22,23)18-9-5-16(21)6-10-18)11-12-20(14)15-3-7-17(24-2)8-4-15/h3-13H,1-2H3. The Morgan fingerprint density at radius 2 is 1.44 bits per heavy atom. The molecule has 0 heterocycles. The zero-order valence-electron chi connectivity index (χ0n) is 13.9. The smallest absolute Gasteiger partial charge is 0.206 e. The summed E-state index contributed by atoms with van der Waals surface area (Å²) >= 11 is 0. The van der Waals surface area contributed by atoms with Gasteiger partial charge in [0.25, 0.3) is 0 Å². The van der Waals surface area contributed by atoms with E-state index in [1.807, 2.05) is 31.2 Å². The van der Waals surface area contributed by atoms with Crippen molar-refractivity contribution in [3.63, 3.8) is 0 Å². The predicted molar refractivity (Wildman–Crippen MR) is 95.0 cm³/mol. The molecule has 0 saturated carbocycles. The van der Waals surface area contributed by atoms with Crippen molar-refractivity contribution in [1.29, 1.82) is 0 Å². The van der Waals surface area contributed by atoms with Crippen molar-refractivity contribution >= 4 is 9.84 Å². The second kappa shape index (κ2) is 6.69. The highest BCUT2D eigenvalue weighted by atomic mass is 32.2. The fraction of sp³-hybridized carbons (Fsp3) is 0.100. The Balaban J connectivity index is 1.99. The van der Waals surface area contributed by atoms with Crippen molar-refractivity contribution in [3.8, 4) is 16.9 Å². The first-order valence-corrected chi connectivity index (χ1v) is 9.16. The van der Waals surface area contributed by atoms with Gasteiger partial charge in [0.15, 0.2) is 0 Å². The van der Waals surface area contributed by atoms with Gasteiger partial charge < -0.3 is 4.74 Å². The van der Waals surface area contributed by atoms with E-state index < -0.39 is 15.7 Å². The lowest BCUT2D eigenvalue weighted by Gasteiger charge is -2.10. The third-order valence-corrected chi connectivity index (χ3v) is 5.80. The maximum Gasteiger partial charge on any atom is 0.206 e. The number of sulfone groups is 1. The molecule has 3 nitrogen and oxygen atoms in total. The highest BCUT2D eigenvalue weighted by Crippen LogP contribution is 2.29. The van der Waals surface area contributed by atoms with Crippen LogP contribution in [0.25, 0.3) is 11.1 Å². The zero-order chi connectivity index (χ0) is 18.0. The molecular formula is C20H17FO3S. The molecule has 0 N–H and O–H groups in total. The molecule has 0 radical (unpaired) electrons. The van der Waals surface area contributed by atoms with Crippen molar-refractivity contribution in [2.24, 2.45) is 0 Å². The molecule has 3 aromatic rings. The van der Waals surface area contributed by atoms with E-state index in [1.54, 1.807) is 25.3 Å². The highest BCUT2D eigenvalue weighted by molar-refractivity contribution is 7.91. The maximum atomic E-state index is 13.0. The van der Waals surface area contributed by atoms with Gasteiger partial charge in [-0.15, -0.1) is 0 Å². The van der Waals surface area contributed by atoms with Gasteiger partial charge in [0.1, 0.15) is 11.6 Å². The van der Waals surface area contributed by atoms with Crippen LogP contribution in [0.15, 0.2) is 76.5 Å². The van der Waals surface area contributed by atoms with Gasteiger partial charge in [-0.25, -0.2) is 12.8 Å².